The topological polar surface area (TPSA) is 158 Å². The van der Waals surface area contributed by atoms with Crippen LogP contribution in [0, 0.1) is 4.91 Å². The first-order valence-electron chi connectivity index (χ1n) is 6.89. The number of nitrogens with two attached hydrogens (primary N) is 2. The molecule has 0 bridgehead atoms. The van der Waals surface area contributed by atoms with Crippen molar-refractivity contribution in [3.63, 3.8) is 0 Å². The number of carbonyl (C=O) groups excluding carboxylic acids is 2. The predicted molar refractivity (Wildman–Crippen MR) is 80.7 cm³/mol. The molecular weight excluding hydrogens is 326 g/mol. The van der Waals surface area contributed by atoms with E-state index < -0.39 is 16.1 Å². The Balaban J connectivity index is 2.31. The van der Waals surface area contributed by atoms with Crippen molar-refractivity contribution in [1.29, 1.82) is 0 Å². The average Bonchev–Trinajstić information content (AvgIpc) is 2.98. The minimum atomic E-state index is -4.22. The minimum Gasteiger partial charge on any atom is -0.342 e. The lowest BCUT2D eigenvalue weighted by Gasteiger charge is -2.31. The molecule has 0 saturated carbocycles. The normalized spacial score (nSPS) is 16.3. The first-order chi connectivity index (χ1) is 10.8. The molecule has 1 aromatic heterocycles. The number of nitroso groups, excluding NO2 is 1. The lowest BCUT2D eigenvalue weighted by molar-refractivity contribution is -0.130. The van der Waals surface area contributed by atoms with Crippen molar-refractivity contribution in [2.75, 3.05) is 19.6 Å². The molecule has 0 unspecified atom stereocenters. The maximum Gasteiger partial charge on any atom is 0.334 e. The summed E-state index contributed by atoms with van der Waals surface area (Å²) in [5.41, 5.74) is 5.37. The Labute approximate surface area is 132 Å². The number of nitrogens with zero attached hydrogens (tertiary/aromatic N) is 3. The molecule has 0 atom stereocenters. The van der Waals surface area contributed by atoms with Crippen LogP contribution in [-0.2, 0) is 15.0 Å². The van der Waals surface area contributed by atoms with E-state index in [4.69, 9.17) is 10.9 Å². The number of rotatable bonds is 4. The number of hydrogen-bond acceptors (Lipinski definition) is 6. The summed E-state index contributed by atoms with van der Waals surface area (Å²) in [6, 6.07) is 1.44. The largest absolute Gasteiger partial charge is 0.342 e. The molecule has 2 rings (SSSR count). The molecule has 1 fully saturated rings. The summed E-state index contributed by atoms with van der Waals surface area (Å²) < 4.78 is 23.6. The highest BCUT2D eigenvalue weighted by Crippen LogP contribution is 2.32. The van der Waals surface area contributed by atoms with E-state index in [-0.39, 0.29) is 24.1 Å². The van der Waals surface area contributed by atoms with Gasteiger partial charge in [-0.2, -0.15) is 8.42 Å². The van der Waals surface area contributed by atoms with Crippen molar-refractivity contribution >= 4 is 22.0 Å². The van der Waals surface area contributed by atoms with Crippen molar-refractivity contribution in [2.24, 2.45) is 16.0 Å². The molecule has 1 aliphatic heterocycles. The fourth-order valence-corrected chi connectivity index (χ4v) is 3.47. The van der Waals surface area contributed by atoms with Gasteiger partial charge >= 0.3 is 16.1 Å². The van der Waals surface area contributed by atoms with Gasteiger partial charge in [-0.3, -0.25) is 9.59 Å². The van der Waals surface area contributed by atoms with Gasteiger partial charge in [-0.1, -0.05) is 0 Å². The highest BCUT2D eigenvalue weighted by molar-refractivity contribution is 7.87. The summed E-state index contributed by atoms with van der Waals surface area (Å²) in [6.45, 7) is 0.790. The monoisotopic (exact) mass is 343 g/mol. The van der Waals surface area contributed by atoms with Crippen molar-refractivity contribution in [1.82, 2.24) is 8.87 Å². The zero-order chi connectivity index (χ0) is 17.2. The van der Waals surface area contributed by atoms with Crippen molar-refractivity contribution in [3.8, 4) is 0 Å². The molecule has 0 spiro atoms. The van der Waals surface area contributed by atoms with Gasteiger partial charge in [-0.05, 0) is 30.4 Å². The zero-order valence-corrected chi connectivity index (χ0v) is 13.0. The van der Waals surface area contributed by atoms with E-state index in [0.29, 0.717) is 35.5 Å². The SMILES string of the molecule is NCC(=O)N1CCC(c2ccn(S(N)(=O)=O)c2C(=O)N=O)CC1. The number of likely N-dealkylation sites (tertiary alicyclic amines) is 1. The van der Waals surface area contributed by atoms with Gasteiger partial charge < -0.3 is 10.6 Å². The predicted octanol–water partition coefficient (Wildman–Crippen LogP) is -0.889. The number of hydrogen-bond donors (Lipinski definition) is 2. The number of aromatic nitrogens is 1. The lowest BCUT2D eigenvalue weighted by atomic mass is 9.89. The van der Waals surface area contributed by atoms with E-state index in [2.05, 4.69) is 5.18 Å². The minimum absolute atomic E-state index is 0.0781. The molecule has 1 aromatic rings. The Bertz CT molecular complexity index is 733. The maximum absolute atomic E-state index is 11.7. The third-order valence-corrected chi connectivity index (χ3v) is 4.76. The number of piperidine rings is 1. The Kier molecular flexibility index (Phi) is 4.92. The molecular formula is C12H17N5O5S. The van der Waals surface area contributed by atoms with Crippen LogP contribution in [0.3, 0.4) is 0 Å². The van der Waals surface area contributed by atoms with Crippen molar-refractivity contribution in [3.05, 3.63) is 28.4 Å². The Morgan fingerprint density at radius 2 is 1.91 bits per heavy atom. The third kappa shape index (κ3) is 3.46. The molecule has 0 radical (unpaired) electrons. The molecule has 0 aromatic carbocycles. The van der Waals surface area contributed by atoms with Gasteiger partial charge in [0.1, 0.15) is 5.69 Å². The fourth-order valence-electron chi connectivity index (χ4n) is 2.80. The Morgan fingerprint density at radius 1 is 1.30 bits per heavy atom. The summed E-state index contributed by atoms with van der Waals surface area (Å²) >= 11 is 0. The molecule has 10 nitrogen and oxygen atoms in total. The highest BCUT2D eigenvalue weighted by Gasteiger charge is 2.30. The first-order valence-corrected chi connectivity index (χ1v) is 8.40. The van der Waals surface area contributed by atoms with Crippen LogP contribution in [0.5, 0.6) is 0 Å². The summed E-state index contributed by atoms with van der Waals surface area (Å²) in [7, 11) is -4.22. The average molecular weight is 343 g/mol. The molecule has 23 heavy (non-hydrogen) atoms. The Morgan fingerprint density at radius 3 is 2.39 bits per heavy atom. The van der Waals surface area contributed by atoms with Crippen LogP contribution in [0.2, 0.25) is 0 Å². The van der Waals surface area contributed by atoms with Gasteiger partial charge in [0.15, 0.2) is 0 Å². The lowest BCUT2D eigenvalue weighted by Crippen LogP contribution is -2.41. The van der Waals surface area contributed by atoms with Gasteiger partial charge in [0.25, 0.3) is 0 Å². The van der Waals surface area contributed by atoms with E-state index in [1.165, 1.54) is 6.07 Å². The first kappa shape index (κ1) is 17.2. The summed E-state index contributed by atoms with van der Waals surface area (Å²) in [5.74, 6) is -1.54. The van der Waals surface area contributed by atoms with Gasteiger partial charge in [0, 0.05) is 24.5 Å². The molecule has 1 saturated heterocycles. The van der Waals surface area contributed by atoms with E-state index in [1.807, 2.05) is 0 Å². The Hall–Kier alpha value is -2.11. The van der Waals surface area contributed by atoms with Crippen LogP contribution in [-0.4, -0.2) is 48.7 Å². The van der Waals surface area contributed by atoms with Crippen LogP contribution in [0.15, 0.2) is 17.4 Å². The van der Waals surface area contributed by atoms with E-state index in [9.17, 15) is 22.9 Å². The summed E-state index contributed by atoms with van der Waals surface area (Å²) in [5, 5.41) is 7.35. The molecule has 4 N–H and O–H groups in total. The quantitative estimate of drug-likeness (QED) is 0.675. The molecule has 0 aliphatic carbocycles. The van der Waals surface area contributed by atoms with Crippen molar-refractivity contribution < 1.29 is 18.0 Å². The molecule has 2 heterocycles. The van der Waals surface area contributed by atoms with Crippen molar-refractivity contribution in [2.45, 2.75) is 18.8 Å². The van der Waals surface area contributed by atoms with Crippen LogP contribution in [0.4, 0.5) is 0 Å². The molecule has 126 valence electrons. The van der Waals surface area contributed by atoms with Crippen LogP contribution in [0.25, 0.3) is 0 Å². The standard InChI is InChI=1S/C12H17N5O5S/c13-7-10(18)16-4-1-8(2-5-16)9-3-6-17(23(14,21)22)11(9)12(19)15-20/h3,6,8H,1-2,4-5,7,13H2,(H2,14,21,22). The third-order valence-electron chi connectivity index (χ3n) is 3.91. The van der Waals surface area contributed by atoms with E-state index >= 15 is 0 Å². The summed E-state index contributed by atoms with van der Waals surface area (Å²) in [6.07, 6.45) is 2.15. The van der Waals surface area contributed by atoms with Gasteiger partial charge in [-0.25, -0.2) is 9.11 Å². The van der Waals surface area contributed by atoms with Gasteiger partial charge in [0.05, 0.1) is 6.54 Å². The van der Waals surface area contributed by atoms with Gasteiger partial charge in [-0.15, -0.1) is 4.91 Å². The molecule has 1 aliphatic rings. The van der Waals surface area contributed by atoms with Crippen LogP contribution in [0.1, 0.15) is 34.8 Å². The second-order valence-electron chi connectivity index (χ2n) is 5.22. The van der Waals surface area contributed by atoms with E-state index in [1.54, 1.807) is 4.90 Å². The summed E-state index contributed by atoms with van der Waals surface area (Å²) in [4.78, 5) is 35.5. The van der Waals surface area contributed by atoms with Crippen LogP contribution >= 0.6 is 0 Å². The highest BCUT2D eigenvalue weighted by atomic mass is 32.2. The molecule has 11 heteroatoms. The number of carbonyl (C=O) groups is 2. The van der Waals surface area contributed by atoms with Crippen LogP contribution < -0.4 is 10.9 Å². The molecule has 2 amide bonds. The second kappa shape index (κ2) is 6.56. The van der Waals surface area contributed by atoms with Gasteiger partial charge in [0.2, 0.25) is 5.91 Å². The smallest absolute Gasteiger partial charge is 0.334 e. The zero-order valence-electron chi connectivity index (χ0n) is 12.2. The second-order valence-corrected chi connectivity index (χ2v) is 6.64. The fraction of sp³-hybridized carbons (Fsp3) is 0.500. The number of amides is 2. The van der Waals surface area contributed by atoms with E-state index in [0.717, 1.165) is 6.20 Å². The maximum atomic E-state index is 11.7.